The second-order valence-corrected chi connectivity index (χ2v) is 5.02. The van der Waals surface area contributed by atoms with E-state index >= 15 is 0 Å². The standard InChI is InChI=1S/C16H15F3O4/c1-3-22-15(21)13-8-10(7-9(2)20)11-5-4-6-12(14(11)23-13)16(17,18)19/h4-7,13H,3,8H2,1-2H3/b10-7+/t13-/m0/s1. The number of benzene rings is 1. The number of rotatable bonds is 3. The van der Waals surface area contributed by atoms with Crippen LogP contribution in [0.25, 0.3) is 5.57 Å². The highest BCUT2D eigenvalue weighted by atomic mass is 19.4. The molecule has 0 N–H and O–H groups in total. The number of allylic oxidation sites excluding steroid dienone is 1. The van der Waals surface area contributed by atoms with Gasteiger partial charge in [0.15, 0.2) is 11.9 Å². The van der Waals surface area contributed by atoms with E-state index in [1.165, 1.54) is 25.1 Å². The van der Waals surface area contributed by atoms with Gasteiger partial charge in [-0.1, -0.05) is 12.1 Å². The van der Waals surface area contributed by atoms with Crippen LogP contribution in [0.1, 0.15) is 31.4 Å². The molecular formula is C16H15F3O4. The van der Waals surface area contributed by atoms with Gasteiger partial charge >= 0.3 is 12.1 Å². The summed E-state index contributed by atoms with van der Waals surface area (Å²) in [5.41, 5.74) is -0.503. The Labute approximate surface area is 130 Å². The van der Waals surface area contributed by atoms with E-state index in [1.54, 1.807) is 6.92 Å². The number of ketones is 1. The van der Waals surface area contributed by atoms with Gasteiger partial charge < -0.3 is 9.47 Å². The van der Waals surface area contributed by atoms with E-state index < -0.39 is 29.6 Å². The fourth-order valence-electron chi connectivity index (χ4n) is 2.38. The summed E-state index contributed by atoms with van der Waals surface area (Å²) in [4.78, 5) is 23.2. The maximum Gasteiger partial charge on any atom is 0.419 e. The van der Waals surface area contributed by atoms with E-state index in [2.05, 4.69) is 0 Å². The molecule has 0 aromatic heterocycles. The van der Waals surface area contributed by atoms with Gasteiger partial charge in [-0.3, -0.25) is 4.79 Å². The average Bonchev–Trinajstić information content (AvgIpc) is 2.45. The molecule has 0 radical (unpaired) electrons. The zero-order chi connectivity index (χ0) is 17.2. The molecule has 0 unspecified atom stereocenters. The third-order valence-electron chi connectivity index (χ3n) is 3.26. The summed E-state index contributed by atoms with van der Waals surface area (Å²) in [5, 5.41) is 0. The van der Waals surface area contributed by atoms with E-state index in [9.17, 15) is 22.8 Å². The Morgan fingerprint density at radius 3 is 2.65 bits per heavy atom. The third kappa shape index (κ3) is 3.72. The highest BCUT2D eigenvalue weighted by Gasteiger charge is 2.40. The lowest BCUT2D eigenvalue weighted by atomic mass is 9.92. The lowest BCUT2D eigenvalue weighted by molar-refractivity contribution is -0.153. The number of fused-ring (bicyclic) bond motifs is 1. The first kappa shape index (κ1) is 17.1. The van der Waals surface area contributed by atoms with Gasteiger partial charge in [0.2, 0.25) is 0 Å². The van der Waals surface area contributed by atoms with Gasteiger partial charge in [-0.05, 0) is 31.6 Å². The lowest BCUT2D eigenvalue weighted by Crippen LogP contribution is -2.33. The van der Waals surface area contributed by atoms with Gasteiger partial charge in [0.25, 0.3) is 0 Å². The fraction of sp³-hybridized carbons (Fsp3) is 0.375. The molecule has 1 aliphatic heterocycles. The molecule has 124 valence electrons. The molecule has 0 fully saturated rings. The molecule has 0 aliphatic carbocycles. The van der Waals surface area contributed by atoms with Gasteiger partial charge in [-0.25, -0.2) is 4.79 Å². The molecule has 0 spiro atoms. The van der Waals surface area contributed by atoms with Crippen LogP contribution in [0.2, 0.25) is 0 Å². The van der Waals surface area contributed by atoms with E-state index in [-0.39, 0.29) is 24.4 Å². The molecule has 4 nitrogen and oxygen atoms in total. The number of alkyl halides is 3. The van der Waals surface area contributed by atoms with Crippen LogP contribution in [0.5, 0.6) is 5.75 Å². The van der Waals surface area contributed by atoms with Crippen LogP contribution < -0.4 is 4.74 Å². The maximum absolute atomic E-state index is 13.2. The van der Waals surface area contributed by atoms with Crippen molar-refractivity contribution in [2.45, 2.75) is 32.5 Å². The first-order chi connectivity index (χ1) is 10.7. The number of carbonyl (C=O) groups is 2. The molecular weight excluding hydrogens is 313 g/mol. The molecule has 2 rings (SSSR count). The molecule has 0 saturated carbocycles. The second kappa shape index (κ2) is 6.44. The van der Waals surface area contributed by atoms with Crippen LogP contribution >= 0.6 is 0 Å². The Balaban J connectivity index is 2.56. The first-order valence-corrected chi connectivity index (χ1v) is 6.99. The van der Waals surface area contributed by atoms with E-state index in [0.717, 1.165) is 6.07 Å². The summed E-state index contributed by atoms with van der Waals surface area (Å²) in [7, 11) is 0. The third-order valence-corrected chi connectivity index (χ3v) is 3.26. The van der Waals surface area contributed by atoms with Crippen molar-refractivity contribution in [2.75, 3.05) is 6.61 Å². The SMILES string of the molecule is CCOC(=O)[C@@H]1C/C(=C\C(C)=O)c2cccc(C(F)(F)F)c2O1. The summed E-state index contributed by atoms with van der Waals surface area (Å²) in [6.07, 6.45) is -4.65. The quantitative estimate of drug-likeness (QED) is 0.630. The van der Waals surface area contributed by atoms with E-state index in [0.29, 0.717) is 5.57 Å². The normalized spacial score (nSPS) is 19.0. The van der Waals surface area contributed by atoms with Crippen LogP contribution in [-0.2, 0) is 20.5 Å². The summed E-state index contributed by atoms with van der Waals surface area (Å²) >= 11 is 0. The number of para-hydroxylation sites is 1. The van der Waals surface area contributed by atoms with Crippen molar-refractivity contribution in [1.29, 1.82) is 0 Å². The van der Waals surface area contributed by atoms with Gasteiger partial charge in [-0.15, -0.1) is 0 Å². The highest BCUT2D eigenvalue weighted by molar-refractivity contribution is 5.97. The summed E-state index contributed by atoms with van der Waals surface area (Å²) in [6, 6.07) is 3.54. The molecule has 7 heteroatoms. The van der Waals surface area contributed by atoms with Crippen molar-refractivity contribution in [2.24, 2.45) is 0 Å². The van der Waals surface area contributed by atoms with Crippen molar-refractivity contribution >= 4 is 17.3 Å². The van der Waals surface area contributed by atoms with Crippen LogP contribution in [0, 0.1) is 0 Å². The van der Waals surface area contributed by atoms with E-state index in [1.807, 2.05) is 0 Å². The Kier molecular flexibility index (Phi) is 4.77. The predicted octanol–water partition coefficient (Wildman–Crippen LogP) is 3.39. The monoisotopic (exact) mass is 328 g/mol. The number of esters is 1. The number of halogens is 3. The van der Waals surface area contributed by atoms with Crippen LogP contribution in [-0.4, -0.2) is 24.5 Å². The van der Waals surface area contributed by atoms with Crippen LogP contribution in [0.15, 0.2) is 24.3 Å². The Morgan fingerprint density at radius 1 is 1.39 bits per heavy atom. The molecule has 1 heterocycles. The maximum atomic E-state index is 13.2. The summed E-state index contributed by atoms with van der Waals surface area (Å²) < 4.78 is 49.6. The topological polar surface area (TPSA) is 52.6 Å². The molecule has 0 bridgehead atoms. The fourth-order valence-corrected chi connectivity index (χ4v) is 2.38. The number of hydrogen-bond acceptors (Lipinski definition) is 4. The molecule has 0 saturated heterocycles. The summed E-state index contributed by atoms with van der Waals surface area (Å²) in [5.74, 6) is -1.53. The number of carbonyl (C=O) groups excluding carboxylic acids is 2. The Morgan fingerprint density at radius 2 is 2.09 bits per heavy atom. The van der Waals surface area contributed by atoms with Crippen molar-refractivity contribution < 1.29 is 32.2 Å². The van der Waals surface area contributed by atoms with Crippen LogP contribution in [0.4, 0.5) is 13.2 Å². The van der Waals surface area contributed by atoms with Crippen molar-refractivity contribution in [3.8, 4) is 5.75 Å². The van der Waals surface area contributed by atoms with E-state index in [4.69, 9.17) is 9.47 Å². The highest BCUT2D eigenvalue weighted by Crippen LogP contribution is 2.44. The molecule has 0 amide bonds. The van der Waals surface area contributed by atoms with Crippen LogP contribution in [0.3, 0.4) is 0 Å². The number of hydrogen-bond donors (Lipinski definition) is 0. The van der Waals surface area contributed by atoms with Gasteiger partial charge in [-0.2, -0.15) is 13.2 Å². The minimum absolute atomic E-state index is 0.0211. The zero-order valence-corrected chi connectivity index (χ0v) is 12.6. The second-order valence-electron chi connectivity index (χ2n) is 5.02. The van der Waals surface area contributed by atoms with Crippen molar-refractivity contribution in [3.05, 3.63) is 35.4 Å². The van der Waals surface area contributed by atoms with Crippen molar-refractivity contribution in [1.82, 2.24) is 0 Å². The predicted molar refractivity (Wildman–Crippen MR) is 75.8 cm³/mol. The van der Waals surface area contributed by atoms with Crippen molar-refractivity contribution in [3.63, 3.8) is 0 Å². The molecule has 1 aromatic carbocycles. The van der Waals surface area contributed by atoms with Gasteiger partial charge in [0.05, 0.1) is 12.2 Å². The first-order valence-electron chi connectivity index (χ1n) is 6.99. The Bertz CT molecular complexity index is 662. The average molecular weight is 328 g/mol. The minimum atomic E-state index is -4.64. The molecule has 23 heavy (non-hydrogen) atoms. The zero-order valence-electron chi connectivity index (χ0n) is 12.6. The molecule has 1 aliphatic rings. The smallest absolute Gasteiger partial charge is 0.419 e. The number of ether oxygens (including phenoxy) is 2. The summed E-state index contributed by atoms with van der Waals surface area (Å²) in [6.45, 7) is 2.95. The lowest BCUT2D eigenvalue weighted by Gasteiger charge is -2.28. The van der Waals surface area contributed by atoms with Gasteiger partial charge in [0.1, 0.15) is 5.75 Å². The largest absolute Gasteiger partial charge is 0.477 e. The minimum Gasteiger partial charge on any atom is -0.477 e. The Hall–Kier alpha value is -2.31. The van der Waals surface area contributed by atoms with Gasteiger partial charge in [0, 0.05) is 12.0 Å². The molecule has 1 atom stereocenters. The molecule has 1 aromatic rings.